The number of rotatable bonds is 5. The van der Waals surface area contributed by atoms with Crippen LogP contribution in [0.15, 0.2) is 6.33 Å². The zero-order chi connectivity index (χ0) is 14.8. The highest BCUT2D eigenvalue weighted by molar-refractivity contribution is 5.75. The fourth-order valence-corrected chi connectivity index (χ4v) is 2.70. The smallest absolute Gasteiger partial charge is 0.406 e. The van der Waals surface area contributed by atoms with E-state index < -0.39 is 16.3 Å². The summed E-state index contributed by atoms with van der Waals surface area (Å²) in [5.74, 6) is -0.862. The summed E-state index contributed by atoms with van der Waals surface area (Å²) in [6.45, 7) is 0.183. The van der Waals surface area contributed by atoms with Gasteiger partial charge < -0.3 is 20.5 Å². The standard InChI is InChI=1S/C12H18N4O4/c1-15-8-14-10(16(19)20)9(15)13-7-12(11(17)18)5-3-2-4-6-12/h8,13H,2-7H2,1H3,(H,17,18). The molecule has 8 heteroatoms. The fraction of sp³-hybridized carbons (Fsp3) is 0.667. The molecule has 2 rings (SSSR count). The Morgan fingerprint density at radius 1 is 1.55 bits per heavy atom. The number of anilines is 1. The van der Waals surface area contributed by atoms with Crippen LogP contribution < -0.4 is 5.32 Å². The summed E-state index contributed by atoms with van der Waals surface area (Å²) in [6, 6.07) is 0. The number of nitro groups is 1. The van der Waals surface area contributed by atoms with E-state index in [1.807, 2.05) is 0 Å². The van der Waals surface area contributed by atoms with E-state index >= 15 is 0 Å². The molecular formula is C12H18N4O4. The van der Waals surface area contributed by atoms with Crippen molar-refractivity contribution >= 4 is 17.6 Å². The van der Waals surface area contributed by atoms with Crippen LogP contribution in [0.1, 0.15) is 32.1 Å². The zero-order valence-corrected chi connectivity index (χ0v) is 11.3. The lowest BCUT2D eigenvalue weighted by Gasteiger charge is -2.33. The Morgan fingerprint density at radius 3 is 2.75 bits per heavy atom. The summed E-state index contributed by atoms with van der Waals surface area (Å²) in [5.41, 5.74) is -0.837. The van der Waals surface area contributed by atoms with E-state index in [2.05, 4.69) is 10.3 Å². The number of nitrogens with one attached hydrogen (secondary N) is 1. The molecule has 0 atom stereocenters. The molecular weight excluding hydrogens is 264 g/mol. The Bertz CT molecular complexity index is 520. The number of carboxylic acids is 1. The lowest BCUT2D eigenvalue weighted by Crippen LogP contribution is -2.40. The Morgan fingerprint density at radius 2 is 2.20 bits per heavy atom. The van der Waals surface area contributed by atoms with Gasteiger partial charge in [-0.1, -0.05) is 19.3 Å². The lowest BCUT2D eigenvalue weighted by molar-refractivity contribution is -0.388. The molecule has 0 spiro atoms. The molecule has 110 valence electrons. The van der Waals surface area contributed by atoms with E-state index in [9.17, 15) is 20.0 Å². The van der Waals surface area contributed by atoms with Crippen molar-refractivity contribution in [3.63, 3.8) is 0 Å². The third kappa shape index (κ3) is 2.59. The molecule has 0 bridgehead atoms. The van der Waals surface area contributed by atoms with Crippen molar-refractivity contribution in [3.05, 3.63) is 16.4 Å². The van der Waals surface area contributed by atoms with Crippen molar-refractivity contribution in [1.29, 1.82) is 0 Å². The van der Waals surface area contributed by atoms with Crippen molar-refractivity contribution in [2.24, 2.45) is 12.5 Å². The summed E-state index contributed by atoms with van der Waals surface area (Å²) >= 11 is 0. The Hall–Kier alpha value is -2.12. The number of imidazole rings is 1. The number of aliphatic carboxylic acids is 1. The van der Waals surface area contributed by atoms with Gasteiger partial charge in [-0.05, 0) is 22.7 Å². The lowest BCUT2D eigenvalue weighted by atomic mass is 9.74. The average molecular weight is 282 g/mol. The number of hydrogen-bond donors (Lipinski definition) is 2. The Balaban J connectivity index is 2.16. The Kier molecular flexibility index (Phi) is 3.91. The number of carbonyl (C=O) groups is 1. The summed E-state index contributed by atoms with van der Waals surface area (Å²) in [6.07, 6.45) is 5.33. The molecule has 0 amide bonds. The third-order valence-corrected chi connectivity index (χ3v) is 3.95. The van der Waals surface area contributed by atoms with E-state index in [0.717, 1.165) is 19.3 Å². The first-order valence-corrected chi connectivity index (χ1v) is 6.59. The maximum atomic E-state index is 11.5. The van der Waals surface area contributed by atoms with Gasteiger partial charge in [-0.3, -0.25) is 9.36 Å². The van der Waals surface area contributed by atoms with Gasteiger partial charge in [0, 0.05) is 13.6 Å². The Labute approximate surface area is 116 Å². The monoisotopic (exact) mass is 282 g/mol. The number of aromatic nitrogens is 2. The second-order valence-corrected chi connectivity index (χ2v) is 5.28. The molecule has 1 heterocycles. The summed E-state index contributed by atoms with van der Waals surface area (Å²) < 4.78 is 1.50. The van der Waals surface area contributed by atoms with Crippen LogP contribution >= 0.6 is 0 Å². The van der Waals surface area contributed by atoms with Crippen LogP contribution in [0.4, 0.5) is 11.6 Å². The molecule has 20 heavy (non-hydrogen) atoms. The van der Waals surface area contributed by atoms with Crippen molar-refractivity contribution < 1.29 is 14.8 Å². The number of carboxylic acid groups (broad SMARTS) is 1. The van der Waals surface area contributed by atoms with Crippen molar-refractivity contribution in [2.45, 2.75) is 32.1 Å². The molecule has 0 saturated heterocycles. The van der Waals surface area contributed by atoms with Crippen molar-refractivity contribution in [1.82, 2.24) is 9.55 Å². The summed E-state index contributed by atoms with van der Waals surface area (Å²) in [7, 11) is 1.64. The van der Waals surface area contributed by atoms with Crippen molar-refractivity contribution in [2.75, 3.05) is 11.9 Å². The van der Waals surface area contributed by atoms with Crippen LogP contribution in [0.3, 0.4) is 0 Å². The molecule has 8 nitrogen and oxygen atoms in total. The van der Waals surface area contributed by atoms with E-state index in [0.29, 0.717) is 12.8 Å². The van der Waals surface area contributed by atoms with Crippen LogP contribution in [0, 0.1) is 15.5 Å². The molecule has 0 unspecified atom stereocenters. The number of nitrogens with zero attached hydrogens (tertiary/aromatic N) is 3. The topological polar surface area (TPSA) is 110 Å². The van der Waals surface area contributed by atoms with Gasteiger partial charge in [-0.2, -0.15) is 0 Å². The maximum Gasteiger partial charge on any atom is 0.406 e. The molecule has 0 aromatic carbocycles. The van der Waals surface area contributed by atoms with Gasteiger partial charge in [-0.15, -0.1) is 0 Å². The zero-order valence-electron chi connectivity index (χ0n) is 11.3. The first kappa shape index (κ1) is 14.3. The maximum absolute atomic E-state index is 11.5. The summed E-state index contributed by atoms with van der Waals surface area (Å²) in [5, 5.41) is 23.3. The minimum absolute atomic E-state index is 0.183. The molecule has 1 aliphatic carbocycles. The largest absolute Gasteiger partial charge is 0.481 e. The highest BCUT2D eigenvalue weighted by Crippen LogP contribution is 2.37. The van der Waals surface area contributed by atoms with Crippen LogP contribution in [0.25, 0.3) is 0 Å². The molecule has 1 aromatic rings. The second-order valence-electron chi connectivity index (χ2n) is 5.28. The molecule has 1 aliphatic rings. The average Bonchev–Trinajstić information content (AvgIpc) is 2.79. The predicted octanol–water partition coefficient (Wildman–Crippen LogP) is 1.78. The first-order chi connectivity index (χ1) is 9.46. The molecule has 1 fully saturated rings. The third-order valence-electron chi connectivity index (χ3n) is 3.95. The molecule has 0 aliphatic heterocycles. The van der Waals surface area contributed by atoms with Gasteiger partial charge in [0.25, 0.3) is 0 Å². The number of hydrogen-bond acceptors (Lipinski definition) is 5. The highest BCUT2D eigenvalue weighted by Gasteiger charge is 2.40. The van der Waals surface area contributed by atoms with Gasteiger partial charge in [0.1, 0.15) is 0 Å². The normalized spacial score (nSPS) is 17.6. The van der Waals surface area contributed by atoms with E-state index in [1.165, 1.54) is 10.9 Å². The van der Waals surface area contributed by atoms with Gasteiger partial charge in [0.2, 0.25) is 12.1 Å². The highest BCUT2D eigenvalue weighted by atomic mass is 16.6. The van der Waals surface area contributed by atoms with E-state index in [4.69, 9.17) is 0 Å². The minimum atomic E-state index is -0.838. The van der Waals surface area contributed by atoms with Crippen LogP contribution in [-0.4, -0.2) is 32.1 Å². The molecule has 1 aromatic heterocycles. The predicted molar refractivity (Wildman–Crippen MR) is 71.5 cm³/mol. The van der Waals surface area contributed by atoms with Gasteiger partial charge in [-0.25, -0.2) is 0 Å². The fourth-order valence-electron chi connectivity index (χ4n) is 2.70. The van der Waals surface area contributed by atoms with Gasteiger partial charge >= 0.3 is 11.8 Å². The van der Waals surface area contributed by atoms with Crippen LogP contribution in [0.5, 0.6) is 0 Å². The van der Waals surface area contributed by atoms with Crippen molar-refractivity contribution in [3.8, 4) is 0 Å². The molecule has 0 radical (unpaired) electrons. The van der Waals surface area contributed by atoms with Gasteiger partial charge in [0.05, 0.1) is 5.41 Å². The van der Waals surface area contributed by atoms with Crippen LogP contribution in [0.2, 0.25) is 0 Å². The minimum Gasteiger partial charge on any atom is -0.481 e. The quantitative estimate of drug-likeness (QED) is 0.629. The van der Waals surface area contributed by atoms with E-state index in [1.54, 1.807) is 7.05 Å². The van der Waals surface area contributed by atoms with E-state index in [-0.39, 0.29) is 18.2 Å². The second kappa shape index (κ2) is 5.48. The van der Waals surface area contributed by atoms with Crippen LogP contribution in [-0.2, 0) is 11.8 Å². The van der Waals surface area contributed by atoms with Gasteiger partial charge in [0.15, 0.2) is 0 Å². The first-order valence-electron chi connectivity index (χ1n) is 6.59. The number of aryl methyl sites for hydroxylation is 1. The summed E-state index contributed by atoms with van der Waals surface area (Å²) in [4.78, 5) is 25.5. The molecule has 2 N–H and O–H groups in total. The molecule has 1 saturated carbocycles. The SMILES string of the molecule is Cn1cnc([N+](=O)[O-])c1NCC1(C(=O)O)CCCCC1.